The number of alkyl carbamates (subject to hydrolysis) is 2. The van der Waals surface area contributed by atoms with E-state index < -0.39 is 36.1 Å². The molecular weight excluding hydrogens is 829 g/mol. The topological polar surface area (TPSA) is 193 Å². The number of amides is 4. The van der Waals surface area contributed by atoms with Gasteiger partial charge in [0.1, 0.15) is 23.7 Å². The molecular formula is C49H52N8O8. The highest BCUT2D eigenvalue weighted by atomic mass is 16.7. The Morgan fingerprint density at radius 2 is 1.54 bits per heavy atom. The van der Waals surface area contributed by atoms with Gasteiger partial charge in [-0.25, -0.2) is 19.6 Å². The number of rotatable bonds is 9. The second-order valence-corrected chi connectivity index (χ2v) is 17.7. The standard InChI is InChI=1S/C49H52N8O8/c1-27(2)39(54-47(60)62-3)45(58)56-20-8-11-37(56)43-50-35-18-14-31-23-29(12-16-33(31)41(35)52-43)30-13-17-34-32(24-30)15-19-36-42(34)53-44(51-36)38-25-49(64-21-22-65-49)26-57(38)46(59)40(55-48(61)63-4)28-9-6-5-7-10-28/h5-7,9-10,12-14,16-18,23-24,27,37-40H,8,11,15,19-22,25-26H2,1-4H3,(H,50,52)(H,51,53)(H,54,60)(H,55,61)/t37-,38+,39-,40+/m0/s1. The number of fused-ring (bicyclic) bond motifs is 6. The van der Waals surface area contributed by atoms with Gasteiger partial charge in [0.15, 0.2) is 5.79 Å². The number of hydrogen-bond donors (Lipinski definition) is 4. The van der Waals surface area contributed by atoms with Gasteiger partial charge in [-0.1, -0.05) is 80.6 Å². The molecule has 1 spiro atoms. The van der Waals surface area contributed by atoms with Gasteiger partial charge in [0.2, 0.25) is 5.91 Å². The molecule has 0 bridgehead atoms. The van der Waals surface area contributed by atoms with Crippen LogP contribution in [-0.4, -0.2) is 106 Å². The van der Waals surface area contributed by atoms with Crippen molar-refractivity contribution in [3.05, 3.63) is 107 Å². The van der Waals surface area contributed by atoms with E-state index in [2.05, 4.69) is 63.1 Å². The van der Waals surface area contributed by atoms with Crippen LogP contribution in [0.5, 0.6) is 0 Å². The predicted octanol–water partition coefficient (Wildman–Crippen LogP) is 7.03. The number of carbonyl (C=O) groups is 4. The van der Waals surface area contributed by atoms with Crippen LogP contribution in [0.2, 0.25) is 0 Å². The van der Waals surface area contributed by atoms with E-state index >= 15 is 0 Å². The van der Waals surface area contributed by atoms with Gasteiger partial charge in [0, 0.05) is 23.9 Å². The molecule has 4 atom stereocenters. The molecule has 10 rings (SSSR count). The first-order valence-corrected chi connectivity index (χ1v) is 22.3. The van der Waals surface area contributed by atoms with E-state index in [0.29, 0.717) is 37.6 Å². The molecule has 3 saturated heterocycles. The van der Waals surface area contributed by atoms with Crippen molar-refractivity contribution in [1.82, 2.24) is 40.4 Å². The van der Waals surface area contributed by atoms with Crippen LogP contribution in [0.25, 0.3) is 44.2 Å². The van der Waals surface area contributed by atoms with Crippen molar-refractivity contribution in [3.63, 3.8) is 0 Å². The molecule has 0 unspecified atom stereocenters. The molecule has 16 heteroatoms. The Bertz CT molecular complexity index is 2810. The molecule has 3 aliphatic heterocycles. The molecule has 3 fully saturated rings. The highest BCUT2D eigenvalue weighted by Crippen LogP contribution is 2.45. The summed E-state index contributed by atoms with van der Waals surface area (Å²) in [6.45, 7) is 5.43. The van der Waals surface area contributed by atoms with Gasteiger partial charge in [0.25, 0.3) is 5.91 Å². The molecule has 2 aromatic heterocycles. The van der Waals surface area contributed by atoms with Crippen LogP contribution in [0.4, 0.5) is 9.59 Å². The second-order valence-electron chi connectivity index (χ2n) is 17.7. The molecule has 16 nitrogen and oxygen atoms in total. The third-order valence-corrected chi connectivity index (χ3v) is 13.4. The molecule has 336 valence electrons. The Balaban J connectivity index is 0.911. The summed E-state index contributed by atoms with van der Waals surface area (Å²) in [6, 6.07) is 23.8. The quantitative estimate of drug-likeness (QED) is 0.117. The van der Waals surface area contributed by atoms with E-state index in [1.807, 2.05) is 43.0 Å². The van der Waals surface area contributed by atoms with Gasteiger partial charge in [-0.15, -0.1) is 0 Å². The number of benzene rings is 4. The summed E-state index contributed by atoms with van der Waals surface area (Å²) in [4.78, 5) is 73.7. The number of hydrogen-bond acceptors (Lipinski definition) is 10. The summed E-state index contributed by atoms with van der Waals surface area (Å²) in [5.41, 5.74) is 8.67. The number of imidazole rings is 2. The highest BCUT2D eigenvalue weighted by Gasteiger charge is 2.53. The molecule has 4 aliphatic rings. The largest absolute Gasteiger partial charge is 0.453 e. The molecule has 4 aromatic carbocycles. The minimum absolute atomic E-state index is 0.121. The number of aryl methyl sites for hydroxylation is 2. The zero-order valence-corrected chi connectivity index (χ0v) is 36.8. The minimum Gasteiger partial charge on any atom is -0.453 e. The van der Waals surface area contributed by atoms with Gasteiger partial charge in [0.05, 0.1) is 68.5 Å². The summed E-state index contributed by atoms with van der Waals surface area (Å²) in [5.74, 6) is -0.173. The zero-order chi connectivity index (χ0) is 45.0. The summed E-state index contributed by atoms with van der Waals surface area (Å²) in [7, 11) is 2.57. The van der Waals surface area contributed by atoms with Crippen LogP contribution in [0.15, 0.2) is 78.9 Å². The third kappa shape index (κ3) is 7.73. The van der Waals surface area contributed by atoms with E-state index in [0.717, 1.165) is 81.4 Å². The number of nitrogens with one attached hydrogen (secondary N) is 4. The number of H-pyrrole nitrogens is 2. The first kappa shape index (κ1) is 42.2. The Morgan fingerprint density at radius 1 is 0.800 bits per heavy atom. The fraction of sp³-hybridized carbons (Fsp3) is 0.388. The van der Waals surface area contributed by atoms with Gasteiger partial charge in [-0.05, 0) is 71.4 Å². The zero-order valence-electron chi connectivity index (χ0n) is 36.8. The predicted molar refractivity (Wildman–Crippen MR) is 240 cm³/mol. The van der Waals surface area contributed by atoms with E-state index in [1.54, 1.807) is 17.0 Å². The Morgan fingerprint density at radius 3 is 2.31 bits per heavy atom. The Labute approximate surface area is 375 Å². The lowest BCUT2D eigenvalue weighted by molar-refractivity contribution is -0.153. The summed E-state index contributed by atoms with van der Waals surface area (Å²) < 4.78 is 22.0. The first-order valence-electron chi connectivity index (χ1n) is 22.3. The second kappa shape index (κ2) is 17.0. The SMILES string of the molecule is COC(=O)N[C@H](C(=O)N1CCC[C@H]1c1nc2ccc3cc(-c4ccc5c(c4)CCc4nc([C@H]6CC7(CN6C(=O)[C@H](NC(=O)OC)c6ccccc6)OCCO7)[nH]c4-5)ccc3c2[nH]1)C(C)C. The molecule has 6 aromatic rings. The number of aromatic amines is 2. The van der Waals surface area contributed by atoms with Crippen LogP contribution >= 0.6 is 0 Å². The van der Waals surface area contributed by atoms with Gasteiger partial charge in [-0.3, -0.25) is 9.59 Å². The third-order valence-electron chi connectivity index (χ3n) is 13.4. The number of carbonyl (C=O) groups excluding carboxylic acids is 4. The van der Waals surface area contributed by atoms with Gasteiger partial charge < -0.3 is 49.3 Å². The smallest absolute Gasteiger partial charge is 0.407 e. The van der Waals surface area contributed by atoms with E-state index in [-0.39, 0.29) is 30.3 Å². The van der Waals surface area contributed by atoms with Crippen molar-refractivity contribution in [3.8, 4) is 22.4 Å². The summed E-state index contributed by atoms with van der Waals surface area (Å²) in [6.07, 6.45) is 2.17. The number of aromatic nitrogens is 4. The van der Waals surface area contributed by atoms with Crippen molar-refractivity contribution < 1.29 is 38.1 Å². The molecule has 4 N–H and O–H groups in total. The number of likely N-dealkylation sites (tertiary alicyclic amines) is 2. The average Bonchev–Trinajstić information content (AvgIpc) is 4.19. The lowest BCUT2D eigenvalue weighted by Crippen LogP contribution is -2.51. The fourth-order valence-electron chi connectivity index (χ4n) is 10.1. The van der Waals surface area contributed by atoms with Crippen molar-refractivity contribution >= 4 is 45.8 Å². The van der Waals surface area contributed by atoms with Crippen LogP contribution in [0.3, 0.4) is 0 Å². The lowest BCUT2D eigenvalue weighted by Gasteiger charge is -2.29. The first-order chi connectivity index (χ1) is 31.5. The summed E-state index contributed by atoms with van der Waals surface area (Å²) in [5, 5.41) is 7.56. The number of ether oxygens (including phenoxy) is 4. The Kier molecular flexibility index (Phi) is 11.0. The van der Waals surface area contributed by atoms with Crippen LogP contribution in [0, 0.1) is 5.92 Å². The molecule has 0 radical (unpaired) electrons. The van der Waals surface area contributed by atoms with Crippen molar-refractivity contribution in [2.24, 2.45) is 5.92 Å². The Hall–Kier alpha value is -6.78. The monoisotopic (exact) mass is 880 g/mol. The molecule has 4 amide bonds. The van der Waals surface area contributed by atoms with E-state index in [1.165, 1.54) is 19.8 Å². The van der Waals surface area contributed by atoms with Crippen molar-refractivity contribution in [2.75, 3.05) is 40.5 Å². The maximum Gasteiger partial charge on any atom is 0.407 e. The maximum atomic E-state index is 14.5. The molecule has 65 heavy (non-hydrogen) atoms. The van der Waals surface area contributed by atoms with Crippen LogP contribution in [0.1, 0.15) is 79.7 Å². The minimum atomic E-state index is -0.994. The van der Waals surface area contributed by atoms with E-state index in [9.17, 15) is 19.2 Å². The highest BCUT2D eigenvalue weighted by molar-refractivity contribution is 6.05. The van der Waals surface area contributed by atoms with Crippen LogP contribution in [-0.2, 0) is 41.4 Å². The molecule has 0 saturated carbocycles. The van der Waals surface area contributed by atoms with Gasteiger partial charge >= 0.3 is 12.2 Å². The fourth-order valence-corrected chi connectivity index (χ4v) is 10.1. The lowest BCUT2D eigenvalue weighted by atomic mass is 9.89. The molecule has 1 aliphatic carbocycles. The maximum absolute atomic E-state index is 14.5. The van der Waals surface area contributed by atoms with E-state index in [4.69, 9.17) is 28.9 Å². The normalized spacial score (nSPS) is 19.6. The van der Waals surface area contributed by atoms with Gasteiger partial charge in [-0.2, -0.15) is 0 Å². The summed E-state index contributed by atoms with van der Waals surface area (Å²) >= 11 is 0. The van der Waals surface area contributed by atoms with Crippen molar-refractivity contribution in [2.45, 2.75) is 75.9 Å². The average molecular weight is 881 g/mol. The number of methoxy groups -OCH3 is 2. The van der Waals surface area contributed by atoms with Crippen LogP contribution < -0.4 is 10.6 Å². The molecule has 5 heterocycles. The van der Waals surface area contributed by atoms with Crippen molar-refractivity contribution in [1.29, 1.82) is 0 Å². The number of nitrogens with zero attached hydrogens (tertiary/aromatic N) is 4.